The number of aliphatic hydroxyl groups is 1. The lowest BCUT2D eigenvalue weighted by atomic mass is 9.95. The molecule has 10 nitrogen and oxygen atoms in total. The number of nitrogens with zero attached hydrogens (tertiary/aromatic N) is 6. The fourth-order valence-corrected chi connectivity index (χ4v) is 6.47. The number of hydrogen-bond acceptors (Lipinski definition) is 7. The molecule has 4 N–H and O–H groups in total. The number of alkyl halides is 5. The maximum absolute atomic E-state index is 15.1. The lowest BCUT2D eigenvalue weighted by Crippen LogP contribution is -2.35. The predicted molar refractivity (Wildman–Crippen MR) is 174 cm³/mol. The molecule has 4 aromatic heterocycles. The minimum absolute atomic E-state index is 0.00647. The van der Waals surface area contributed by atoms with Crippen molar-refractivity contribution < 1.29 is 40.6 Å². The van der Waals surface area contributed by atoms with E-state index in [0.717, 1.165) is 12.1 Å². The average Bonchev–Trinajstić information content (AvgIpc) is 3.67. The van der Waals surface area contributed by atoms with E-state index in [2.05, 4.69) is 37.4 Å². The summed E-state index contributed by atoms with van der Waals surface area (Å²) in [4.78, 5) is 18.3. The quantitative estimate of drug-likeness (QED) is 0.100. The molecule has 0 saturated carbocycles. The van der Waals surface area contributed by atoms with Crippen LogP contribution >= 0.6 is 11.6 Å². The summed E-state index contributed by atoms with van der Waals surface area (Å²) < 4.78 is 102. The maximum Gasteiger partial charge on any atom is 0.435 e. The van der Waals surface area contributed by atoms with Crippen LogP contribution in [0, 0.1) is 23.5 Å². The van der Waals surface area contributed by atoms with Crippen molar-refractivity contribution in [3.63, 3.8) is 0 Å². The summed E-state index contributed by atoms with van der Waals surface area (Å²) in [6, 6.07) is 7.33. The van der Waals surface area contributed by atoms with Crippen LogP contribution in [0.4, 0.5) is 36.7 Å². The smallest absolute Gasteiger partial charge is 0.378 e. The average molecular weight is 749 g/mol. The Morgan fingerprint density at radius 1 is 1.12 bits per heavy atom. The molecule has 5 aromatic rings. The number of nitrogens with two attached hydrogens (primary N) is 1. The number of amides is 1. The van der Waals surface area contributed by atoms with Crippen molar-refractivity contribution in [3.8, 4) is 23.0 Å². The highest BCUT2D eigenvalue weighted by Gasteiger charge is 2.53. The molecule has 1 amide bonds. The van der Waals surface area contributed by atoms with E-state index in [0.29, 0.717) is 16.3 Å². The van der Waals surface area contributed by atoms with Gasteiger partial charge in [0.2, 0.25) is 11.9 Å². The second-order valence-corrected chi connectivity index (χ2v) is 13.3. The Balaban J connectivity index is 1.50. The van der Waals surface area contributed by atoms with E-state index < -0.39 is 77.1 Å². The van der Waals surface area contributed by atoms with Crippen LogP contribution in [0.5, 0.6) is 0 Å². The first-order chi connectivity index (χ1) is 24.2. The first-order valence-electron chi connectivity index (χ1n) is 15.6. The summed E-state index contributed by atoms with van der Waals surface area (Å²) in [5.41, 5.74) is 2.11. The van der Waals surface area contributed by atoms with Gasteiger partial charge in [0.05, 0.1) is 11.7 Å². The molecule has 18 heteroatoms. The van der Waals surface area contributed by atoms with E-state index in [9.17, 15) is 31.9 Å². The van der Waals surface area contributed by atoms with Crippen LogP contribution in [-0.4, -0.2) is 46.0 Å². The van der Waals surface area contributed by atoms with Gasteiger partial charge in [0.1, 0.15) is 40.3 Å². The number of halogens is 8. The minimum Gasteiger partial charge on any atom is -0.378 e. The Morgan fingerprint density at radius 3 is 2.44 bits per heavy atom. The number of anilines is 1. The molecule has 4 heterocycles. The SMILES string of the molecule is C[C@H]1CC(F)(F)c2c1c(C(F)(F)F)nn2CC(=O)N[C@@H](Cc1cc(F)cc(F)c1)c1nc(C#CC(C)(C)O)ccc1-c1ccc(Cl)n2c(N)nnc12. The zero-order chi connectivity index (χ0) is 37.9. The third-order valence-electron chi connectivity index (χ3n) is 8.22. The lowest BCUT2D eigenvalue weighted by molar-refractivity contribution is -0.142. The zero-order valence-corrected chi connectivity index (χ0v) is 28.2. The zero-order valence-electron chi connectivity index (χ0n) is 27.5. The molecule has 2 atom stereocenters. The molecule has 1 aliphatic carbocycles. The Labute approximate surface area is 295 Å². The van der Waals surface area contributed by atoms with E-state index in [4.69, 9.17) is 17.3 Å². The number of nitrogen functional groups attached to an aromatic ring is 1. The summed E-state index contributed by atoms with van der Waals surface area (Å²) in [7, 11) is 0. The van der Waals surface area contributed by atoms with Gasteiger partial charge in [0.25, 0.3) is 5.92 Å². The third kappa shape index (κ3) is 7.26. The second-order valence-electron chi connectivity index (χ2n) is 12.9. The lowest BCUT2D eigenvalue weighted by Gasteiger charge is -2.23. The summed E-state index contributed by atoms with van der Waals surface area (Å²) in [5.74, 6) is -2.62. The highest BCUT2D eigenvalue weighted by Crippen LogP contribution is 2.52. The van der Waals surface area contributed by atoms with Crippen LogP contribution in [0.2, 0.25) is 5.15 Å². The topological polar surface area (TPSA) is 136 Å². The highest BCUT2D eigenvalue weighted by molar-refractivity contribution is 6.30. The summed E-state index contributed by atoms with van der Waals surface area (Å²) in [6.45, 7) is 3.00. The molecule has 0 saturated heterocycles. The summed E-state index contributed by atoms with van der Waals surface area (Å²) >= 11 is 6.34. The van der Waals surface area contributed by atoms with Crippen LogP contribution in [0.25, 0.3) is 16.8 Å². The molecule has 0 aliphatic heterocycles. The van der Waals surface area contributed by atoms with Gasteiger partial charge < -0.3 is 16.2 Å². The molecular formula is C34H28ClF7N8O2. The molecular weight excluding hydrogens is 721 g/mol. The normalized spacial score (nSPS) is 16.0. The first-order valence-corrected chi connectivity index (χ1v) is 16.0. The largest absolute Gasteiger partial charge is 0.435 e. The van der Waals surface area contributed by atoms with E-state index in [-0.39, 0.29) is 45.7 Å². The molecule has 6 rings (SSSR count). The standard InChI is InChI=1S/C34H28ClF7N8O2/c1-16-14-33(38,39)29-26(16)28(34(40,41)42)48-49(29)15-25(51)45-23(12-17-10-18(36)13-19(37)11-17)27-21(5-4-20(44-27)8-9-32(2,3)52)22-6-7-24(35)50-30(22)46-47-31(50)43/h4-7,10-11,13,16,23,52H,12,14-15H2,1-3H3,(H2,43,47)(H,45,51)/t16-,23-/m0/s1. The molecule has 0 fully saturated rings. The number of carbonyl (C=O) groups is 1. The third-order valence-corrected chi connectivity index (χ3v) is 8.52. The monoisotopic (exact) mass is 748 g/mol. The summed E-state index contributed by atoms with van der Waals surface area (Å²) in [6.07, 6.45) is -6.35. The van der Waals surface area contributed by atoms with Gasteiger partial charge in [-0.15, -0.1) is 10.2 Å². The van der Waals surface area contributed by atoms with Crippen molar-refractivity contribution in [2.24, 2.45) is 0 Å². The molecule has 0 radical (unpaired) electrons. The van der Waals surface area contributed by atoms with Crippen LogP contribution < -0.4 is 11.1 Å². The Hall–Kier alpha value is -5.21. The number of rotatable bonds is 7. The second kappa shape index (κ2) is 13.1. The van der Waals surface area contributed by atoms with Gasteiger partial charge in [-0.05, 0) is 74.1 Å². The van der Waals surface area contributed by atoms with Crippen molar-refractivity contribution in [2.45, 2.75) is 69.8 Å². The molecule has 0 spiro atoms. The van der Waals surface area contributed by atoms with Gasteiger partial charge in [-0.2, -0.15) is 27.1 Å². The van der Waals surface area contributed by atoms with E-state index in [1.165, 1.54) is 43.4 Å². The molecule has 1 aromatic carbocycles. The minimum atomic E-state index is -5.08. The number of carbonyl (C=O) groups excluding carboxylic acids is 1. The molecule has 272 valence electrons. The van der Waals surface area contributed by atoms with Crippen LogP contribution in [0.1, 0.15) is 73.1 Å². The predicted octanol–water partition coefficient (Wildman–Crippen LogP) is 6.34. The molecule has 0 unspecified atom stereocenters. The number of benzene rings is 1. The van der Waals surface area contributed by atoms with Gasteiger partial charge >= 0.3 is 6.18 Å². The van der Waals surface area contributed by atoms with Gasteiger partial charge in [-0.1, -0.05) is 24.4 Å². The maximum atomic E-state index is 15.1. The fraction of sp³-hybridized carbons (Fsp3) is 0.324. The first kappa shape index (κ1) is 36.6. The molecule has 0 bridgehead atoms. The number of aromatic nitrogens is 6. The van der Waals surface area contributed by atoms with Crippen molar-refractivity contribution >= 4 is 29.1 Å². The van der Waals surface area contributed by atoms with E-state index in [1.54, 1.807) is 6.07 Å². The van der Waals surface area contributed by atoms with Crippen molar-refractivity contribution in [1.29, 1.82) is 0 Å². The number of nitrogens with one attached hydrogen (secondary N) is 1. The van der Waals surface area contributed by atoms with Crippen molar-refractivity contribution in [1.82, 2.24) is 34.7 Å². The van der Waals surface area contributed by atoms with E-state index in [1.807, 2.05) is 0 Å². The van der Waals surface area contributed by atoms with Gasteiger partial charge in [0, 0.05) is 29.2 Å². The molecule has 52 heavy (non-hydrogen) atoms. The van der Waals surface area contributed by atoms with Gasteiger partial charge in [-0.3, -0.25) is 13.9 Å². The molecule has 1 aliphatic rings. The van der Waals surface area contributed by atoms with Gasteiger partial charge in [0.15, 0.2) is 11.3 Å². The fourth-order valence-electron chi connectivity index (χ4n) is 6.24. The van der Waals surface area contributed by atoms with Crippen LogP contribution in [-0.2, 0) is 29.9 Å². The van der Waals surface area contributed by atoms with Crippen LogP contribution in [0.3, 0.4) is 0 Å². The number of hydrogen-bond donors (Lipinski definition) is 3. The van der Waals surface area contributed by atoms with Crippen LogP contribution in [0.15, 0.2) is 42.5 Å². The number of pyridine rings is 2. The van der Waals surface area contributed by atoms with Gasteiger partial charge in [-0.25, -0.2) is 13.8 Å². The van der Waals surface area contributed by atoms with E-state index >= 15 is 8.78 Å². The summed E-state index contributed by atoms with van der Waals surface area (Å²) in [5, 5.41) is 24.3. The number of fused-ring (bicyclic) bond motifs is 2. The van der Waals surface area contributed by atoms with Crippen molar-refractivity contribution in [3.05, 3.63) is 93.2 Å². The van der Waals surface area contributed by atoms with Crippen molar-refractivity contribution in [2.75, 3.05) is 5.73 Å². The Kier molecular flexibility index (Phi) is 9.20. The Bertz CT molecular complexity index is 2270. The Morgan fingerprint density at radius 2 is 1.79 bits per heavy atom. The highest BCUT2D eigenvalue weighted by atomic mass is 35.5.